The highest BCUT2D eigenvalue weighted by Gasteiger charge is 2.43. The first kappa shape index (κ1) is 12.6. The van der Waals surface area contributed by atoms with E-state index in [0.29, 0.717) is 16.7 Å². The number of aliphatic carboxylic acids is 1. The second-order valence-electron chi connectivity index (χ2n) is 5.49. The van der Waals surface area contributed by atoms with Crippen LogP contribution in [-0.2, 0) is 16.0 Å². The lowest BCUT2D eigenvalue weighted by Crippen LogP contribution is -2.27. The fraction of sp³-hybridized carbons (Fsp3) is 0.615. The maximum atomic E-state index is 12.2. The summed E-state index contributed by atoms with van der Waals surface area (Å²) < 4.78 is 0. The predicted molar refractivity (Wildman–Crippen MR) is 71.0 cm³/mol. The summed E-state index contributed by atoms with van der Waals surface area (Å²) in [5, 5.41) is 13.7. The van der Waals surface area contributed by atoms with E-state index in [1.165, 1.54) is 30.6 Å². The largest absolute Gasteiger partial charge is 0.481 e. The first-order chi connectivity index (χ1) is 9.11. The quantitative estimate of drug-likeness (QED) is 0.885. The third-order valence-electron chi connectivity index (χ3n) is 4.19. The number of carboxylic acids is 1. The first-order valence-corrected chi connectivity index (χ1v) is 7.47. The molecule has 3 unspecified atom stereocenters. The minimum absolute atomic E-state index is 0.0587. The molecule has 102 valence electrons. The molecule has 0 aliphatic heterocycles. The van der Waals surface area contributed by atoms with Crippen molar-refractivity contribution in [1.29, 1.82) is 0 Å². The number of nitrogens with one attached hydrogen (secondary N) is 1. The lowest BCUT2D eigenvalue weighted by atomic mass is 9.88. The highest BCUT2D eigenvalue weighted by molar-refractivity contribution is 7.13. The monoisotopic (exact) mass is 280 g/mol. The van der Waals surface area contributed by atoms with E-state index >= 15 is 0 Å². The molecule has 3 atom stereocenters. The van der Waals surface area contributed by atoms with Gasteiger partial charge in [-0.2, -0.15) is 0 Å². The Balaban J connectivity index is 1.60. The van der Waals surface area contributed by atoms with Crippen LogP contribution in [0.2, 0.25) is 0 Å². The van der Waals surface area contributed by atoms with Gasteiger partial charge in [0.15, 0.2) is 5.13 Å². The highest BCUT2D eigenvalue weighted by atomic mass is 32.1. The Bertz CT molecular complexity index is 514. The Hall–Kier alpha value is -1.43. The molecule has 0 radical (unpaired) electrons. The zero-order valence-electron chi connectivity index (χ0n) is 10.5. The topological polar surface area (TPSA) is 79.3 Å². The van der Waals surface area contributed by atoms with Crippen molar-refractivity contribution in [2.24, 2.45) is 17.8 Å². The third kappa shape index (κ3) is 2.63. The molecule has 6 heteroatoms. The number of thiazole rings is 1. The average Bonchev–Trinajstić information content (AvgIpc) is 3.04. The SMILES string of the molecule is O=C(O)Cc1csc(NC(=O)C2CC3CCC2C3)n1. The van der Waals surface area contributed by atoms with Crippen molar-refractivity contribution in [3.63, 3.8) is 0 Å². The zero-order chi connectivity index (χ0) is 13.4. The molecule has 0 saturated heterocycles. The Kier molecular flexibility index (Phi) is 3.26. The maximum Gasteiger partial charge on any atom is 0.309 e. The molecule has 2 saturated carbocycles. The van der Waals surface area contributed by atoms with Gasteiger partial charge in [-0.1, -0.05) is 6.42 Å². The number of hydrogen-bond acceptors (Lipinski definition) is 4. The molecule has 2 fully saturated rings. The normalized spacial score (nSPS) is 28.5. The van der Waals surface area contributed by atoms with Crippen LogP contribution >= 0.6 is 11.3 Å². The van der Waals surface area contributed by atoms with Crippen LogP contribution in [0.15, 0.2) is 5.38 Å². The smallest absolute Gasteiger partial charge is 0.309 e. The number of nitrogens with zero attached hydrogens (tertiary/aromatic N) is 1. The van der Waals surface area contributed by atoms with Crippen molar-refractivity contribution in [1.82, 2.24) is 4.98 Å². The second kappa shape index (κ2) is 4.92. The molecule has 19 heavy (non-hydrogen) atoms. The highest BCUT2D eigenvalue weighted by Crippen LogP contribution is 2.48. The molecular weight excluding hydrogens is 264 g/mol. The fourth-order valence-electron chi connectivity index (χ4n) is 3.36. The van der Waals surface area contributed by atoms with E-state index in [0.717, 1.165) is 12.3 Å². The third-order valence-corrected chi connectivity index (χ3v) is 5.00. The minimum atomic E-state index is -0.906. The lowest BCUT2D eigenvalue weighted by molar-refractivity contribution is -0.136. The molecule has 1 amide bonds. The van der Waals surface area contributed by atoms with Gasteiger partial charge in [-0.25, -0.2) is 4.98 Å². The molecule has 0 spiro atoms. The number of fused-ring (bicyclic) bond motifs is 2. The van der Waals surface area contributed by atoms with Crippen LogP contribution in [0.3, 0.4) is 0 Å². The molecular formula is C13H16N2O3S. The summed E-state index contributed by atoms with van der Waals surface area (Å²) in [4.78, 5) is 26.9. The number of hydrogen-bond donors (Lipinski definition) is 2. The van der Waals surface area contributed by atoms with Gasteiger partial charge in [-0.3, -0.25) is 9.59 Å². The number of carbonyl (C=O) groups is 2. The van der Waals surface area contributed by atoms with Gasteiger partial charge in [0.05, 0.1) is 12.1 Å². The van der Waals surface area contributed by atoms with E-state index in [1.807, 2.05) is 0 Å². The summed E-state index contributed by atoms with van der Waals surface area (Å²) in [5.74, 6) is 0.563. The molecule has 1 aromatic rings. The first-order valence-electron chi connectivity index (χ1n) is 6.59. The number of rotatable bonds is 4. The summed E-state index contributed by atoms with van der Waals surface area (Å²) in [7, 11) is 0. The van der Waals surface area contributed by atoms with Gasteiger partial charge in [0.1, 0.15) is 0 Å². The van der Waals surface area contributed by atoms with E-state index in [-0.39, 0.29) is 18.2 Å². The van der Waals surface area contributed by atoms with Crippen LogP contribution in [0.4, 0.5) is 5.13 Å². The Morgan fingerprint density at radius 1 is 1.42 bits per heavy atom. The summed E-state index contributed by atoms with van der Waals surface area (Å²) >= 11 is 1.29. The summed E-state index contributed by atoms with van der Waals surface area (Å²) in [6, 6.07) is 0. The summed E-state index contributed by atoms with van der Waals surface area (Å²) in [5.41, 5.74) is 0.501. The van der Waals surface area contributed by atoms with E-state index < -0.39 is 5.97 Å². The predicted octanol–water partition coefficient (Wildman–Crippen LogP) is 2.14. The minimum Gasteiger partial charge on any atom is -0.481 e. The lowest BCUT2D eigenvalue weighted by Gasteiger charge is -2.19. The molecule has 0 aromatic carbocycles. The molecule has 2 bridgehead atoms. The fourth-order valence-corrected chi connectivity index (χ4v) is 4.08. The van der Waals surface area contributed by atoms with Crippen LogP contribution in [0.25, 0.3) is 0 Å². The van der Waals surface area contributed by atoms with Gasteiger partial charge in [0.25, 0.3) is 0 Å². The number of anilines is 1. The van der Waals surface area contributed by atoms with E-state index in [2.05, 4.69) is 10.3 Å². The standard InChI is InChI=1S/C13H16N2O3S/c16-11(17)5-9-6-19-13(14-9)15-12(18)10-4-7-1-2-8(10)3-7/h6-8,10H,1-5H2,(H,16,17)(H,14,15,18). The van der Waals surface area contributed by atoms with Gasteiger partial charge >= 0.3 is 5.97 Å². The van der Waals surface area contributed by atoms with Crippen molar-refractivity contribution >= 4 is 28.3 Å². The molecule has 1 heterocycles. The Labute approximate surface area is 115 Å². The number of carbonyl (C=O) groups excluding carboxylic acids is 1. The average molecular weight is 280 g/mol. The van der Waals surface area contributed by atoms with Crippen LogP contribution in [0, 0.1) is 17.8 Å². The molecule has 3 rings (SSSR count). The summed E-state index contributed by atoms with van der Waals surface area (Å²) in [6.07, 6.45) is 4.55. The van der Waals surface area contributed by atoms with Crippen LogP contribution < -0.4 is 5.32 Å². The molecule has 2 aliphatic rings. The van der Waals surface area contributed by atoms with Crippen molar-refractivity contribution in [2.75, 3.05) is 5.32 Å². The van der Waals surface area contributed by atoms with Gasteiger partial charge in [-0.15, -0.1) is 11.3 Å². The van der Waals surface area contributed by atoms with Crippen molar-refractivity contribution < 1.29 is 14.7 Å². The Morgan fingerprint density at radius 2 is 2.26 bits per heavy atom. The van der Waals surface area contributed by atoms with Gasteiger partial charge in [0, 0.05) is 11.3 Å². The second-order valence-corrected chi connectivity index (χ2v) is 6.34. The Morgan fingerprint density at radius 3 is 2.89 bits per heavy atom. The van der Waals surface area contributed by atoms with Gasteiger partial charge in [0.2, 0.25) is 5.91 Å². The van der Waals surface area contributed by atoms with E-state index in [9.17, 15) is 9.59 Å². The van der Waals surface area contributed by atoms with Crippen molar-refractivity contribution in [2.45, 2.75) is 32.1 Å². The van der Waals surface area contributed by atoms with E-state index in [1.54, 1.807) is 5.38 Å². The van der Waals surface area contributed by atoms with Crippen LogP contribution in [0.5, 0.6) is 0 Å². The van der Waals surface area contributed by atoms with Crippen molar-refractivity contribution in [3.05, 3.63) is 11.1 Å². The number of carboxylic acid groups (broad SMARTS) is 1. The van der Waals surface area contributed by atoms with Crippen LogP contribution in [0.1, 0.15) is 31.4 Å². The van der Waals surface area contributed by atoms with Crippen LogP contribution in [-0.4, -0.2) is 22.0 Å². The number of amides is 1. The van der Waals surface area contributed by atoms with Crippen molar-refractivity contribution in [3.8, 4) is 0 Å². The number of aromatic nitrogens is 1. The molecule has 2 N–H and O–H groups in total. The summed E-state index contributed by atoms with van der Waals surface area (Å²) in [6.45, 7) is 0. The molecule has 5 nitrogen and oxygen atoms in total. The molecule has 2 aliphatic carbocycles. The van der Waals surface area contributed by atoms with E-state index in [4.69, 9.17) is 5.11 Å². The maximum absolute atomic E-state index is 12.2. The zero-order valence-corrected chi connectivity index (χ0v) is 11.3. The van der Waals surface area contributed by atoms with Gasteiger partial charge < -0.3 is 10.4 Å². The van der Waals surface area contributed by atoms with Gasteiger partial charge in [-0.05, 0) is 31.1 Å². The molecule has 1 aromatic heterocycles.